The normalized spacial score (nSPS) is 15.6. The van der Waals surface area contributed by atoms with Crippen LogP contribution in [0.3, 0.4) is 0 Å². The van der Waals surface area contributed by atoms with Crippen molar-refractivity contribution in [3.05, 3.63) is 181 Å². The van der Waals surface area contributed by atoms with E-state index >= 15 is 0 Å². The SMILES string of the molecule is C1=CC2NC(c3ccc(-c4c5ccccc5c(-c5cccc6ccccc56)c5ccccc45)cc3)=CN2C=C1c1ccccc1. The van der Waals surface area contributed by atoms with Crippen LogP contribution in [-0.4, -0.2) is 11.1 Å². The molecule has 0 fully saturated rings. The molecule has 1 atom stereocenters. The number of hydrogen-bond donors (Lipinski definition) is 1. The summed E-state index contributed by atoms with van der Waals surface area (Å²) in [6, 6.07) is 52.8. The third kappa shape index (κ3) is 4.26. The summed E-state index contributed by atoms with van der Waals surface area (Å²) >= 11 is 0. The lowest BCUT2D eigenvalue weighted by atomic mass is 9.84. The summed E-state index contributed by atoms with van der Waals surface area (Å²) in [5.74, 6) is 0. The lowest BCUT2D eigenvalue weighted by Gasteiger charge is -2.24. The van der Waals surface area contributed by atoms with E-state index in [9.17, 15) is 0 Å². The van der Waals surface area contributed by atoms with Crippen molar-refractivity contribution < 1.29 is 0 Å². The van der Waals surface area contributed by atoms with Gasteiger partial charge in [-0.15, -0.1) is 0 Å². The van der Waals surface area contributed by atoms with Crippen molar-refractivity contribution >= 4 is 43.6 Å². The molecule has 0 spiro atoms. The van der Waals surface area contributed by atoms with Gasteiger partial charge in [-0.3, -0.25) is 0 Å². The Kier molecular flexibility index (Phi) is 5.92. The Bertz CT molecular complexity index is 2280. The molecule has 0 aromatic heterocycles. The lowest BCUT2D eigenvalue weighted by molar-refractivity contribution is 0.429. The molecule has 0 saturated carbocycles. The zero-order valence-corrected chi connectivity index (χ0v) is 24.7. The van der Waals surface area contributed by atoms with E-state index in [-0.39, 0.29) is 6.17 Å². The van der Waals surface area contributed by atoms with Crippen LogP contribution in [0.15, 0.2) is 170 Å². The molecule has 2 heteroatoms. The van der Waals surface area contributed by atoms with Crippen molar-refractivity contribution in [1.82, 2.24) is 10.2 Å². The van der Waals surface area contributed by atoms with Crippen LogP contribution in [0.2, 0.25) is 0 Å². The van der Waals surface area contributed by atoms with Crippen LogP contribution in [0.4, 0.5) is 0 Å². The molecule has 0 aliphatic carbocycles. The van der Waals surface area contributed by atoms with Crippen LogP contribution in [0.25, 0.3) is 65.8 Å². The Balaban J connectivity index is 1.15. The van der Waals surface area contributed by atoms with Gasteiger partial charge >= 0.3 is 0 Å². The minimum Gasteiger partial charge on any atom is -0.360 e. The predicted molar refractivity (Wildman–Crippen MR) is 190 cm³/mol. The highest BCUT2D eigenvalue weighted by Crippen LogP contribution is 2.45. The van der Waals surface area contributed by atoms with E-state index in [1.807, 2.05) is 0 Å². The number of fused-ring (bicyclic) bond motifs is 4. The zero-order chi connectivity index (χ0) is 29.7. The molecule has 2 nitrogen and oxygen atoms in total. The van der Waals surface area contributed by atoms with E-state index in [0.29, 0.717) is 0 Å². The number of allylic oxidation sites excluding steroid dienone is 2. The Morgan fingerprint density at radius 1 is 0.444 bits per heavy atom. The quantitative estimate of drug-likeness (QED) is 0.210. The first-order chi connectivity index (χ1) is 22.3. The Morgan fingerprint density at radius 2 is 1.02 bits per heavy atom. The van der Waals surface area contributed by atoms with E-state index in [4.69, 9.17) is 0 Å². The van der Waals surface area contributed by atoms with Crippen LogP contribution in [0.1, 0.15) is 11.1 Å². The zero-order valence-electron chi connectivity index (χ0n) is 24.7. The van der Waals surface area contributed by atoms with Crippen molar-refractivity contribution in [2.24, 2.45) is 0 Å². The van der Waals surface area contributed by atoms with Crippen LogP contribution in [0.5, 0.6) is 0 Å². The van der Waals surface area contributed by atoms with Gasteiger partial charge in [0.25, 0.3) is 0 Å². The van der Waals surface area contributed by atoms with Gasteiger partial charge < -0.3 is 10.2 Å². The van der Waals surface area contributed by atoms with E-state index in [0.717, 1.165) is 5.70 Å². The smallest absolute Gasteiger partial charge is 0.122 e. The second-order valence-corrected chi connectivity index (χ2v) is 11.8. The van der Waals surface area contributed by atoms with Crippen LogP contribution in [-0.2, 0) is 0 Å². The molecule has 212 valence electrons. The van der Waals surface area contributed by atoms with Crippen molar-refractivity contribution in [1.29, 1.82) is 0 Å². The fourth-order valence-electron chi connectivity index (χ4n) is 7.11. The van der Waals surface area contributed by atoms with Gasteiger partial charge in [-0.2, -0.15) is 0 Å². The van der Waals surface area contributed by atoms with E-state index in [2.05, 4.69) is 180 Å². The predicted octanol–water partition coefficient (Wildman–Crippen LogP) is 10.6. The number of hydrogen-bond acceptors (Lipinski definition) is 2. The highest BCUT2D eigenvalue weighted by molar-refractivity contribution is 6.23. The van der Waals surface area contributed by atoms with Gasteiger partial charge in [-0.05, 0) is 77.3 Å². The topological polar surface area (TPSA) is 15.3 Å². The van der Waals surface area contributed by atoms with Crippen LogP contribution >= 0.6 is 0 Å². The Hall–Kier alpha value is -5.86. The minimum atomic E-state index is 0.127. The number of nitrogens with one attached hydrogen (secondary N) is 1. The van der Waals surface area contributed by atoms with Crippen molar-refractivity contribution in [2.75, 3.05) is 0 Å². The molecule has 2 heterocycles. The van der Waals surface area contributed by atoms with Crippen molar-refractivity contribution in [3.8, 4) is 22.3 Å². The van der Waals surface area contributed by atoms with E-state index < -0.39 is 0 Å². The van der Waals surface area contributed by atoms with Gasteiger partial charge in [0.1, 0.15) is 6.17 Å². The van der Waals surface area contributed by atoms with E-state index in [1.54, 1.807) is 0 Å². The van der Waals surface area contributed by atoms with Gasteiger partial charge in [0.2, 0.25) is 0 Å². The molecule has 45 heavy (non-hydrogen) atoms. The summed E-state index contributed by atoms with van der Waals surface area (Å²) in [7, 11) is 0. The molecule has 7 aromatic carbocycles. The first kappa shape index (κ1) is 25.6. The molecule has 1 N–H and O–H groups in total. The minimum absolute atomic E-state index is 0.127. The molecule has 0 saturated heterocycles. The van der Waals surface area contributed by atoms with Crippen LogP contribution in [0, 0.1) is 0 Å². The molecule has 0 bridgehead atoms. The monoisotopic (exact) mass is 574 g/mol. The largest absolute Gasteiger partial charge is 0.360 e. The standard InChI is InChI=1S/C43H30N2/c1-2-11-29(12-3-1)33-25-26-41-44-40(28-45(41)27-33)31-21-23-32(24-22-31)42-36-16-6-8-18-38(36)43(39-19-9-7-17-37(39)42)35-20-10-14-30-13-4-5-15-34(30)35/h1-28,41,44H. The molecule has 0 amide bonds. The van der Waals surface area contributed by atoms with Gasteiger partial charge in [0.15, 0.2) is 0 Å². The van der Waals surface area contributed by atoms with Gasteiger partial charge in [-0.1, -0.05) is 152 Å². The highest BCUT2D eigenvalue weighted by Gasteiger charge is 2.24. The maximum Gasteiger partial charge on any atom is 0.122 e. The van der Waals surface area contributed by atoms with Gasteiger partial charge in [-0.25, -0.2) is 0 Å². The summed E-state index contributed by atoms with van der Waals surface area (Å²) in [5.41, 5.74) is 9.82. The average Bonchev–Trinajstić information content (AvgIpc) is 3.55. The highest BCUT2D eigenvalue weighted by atomic mass is 15.3. The number of nitrogens with zero attached hydrogens (tertiary/aromatic N) is 1. The van der Waals surface area contributed by atoms with Crippen molar-refractivity contribution in [2.45, 2.75) is 6.17 Å². The maximum atomic E-state index is 3.70. The van der Waals surface area contributed by atoms with E-state index in [1.165, 1.54) is 71.3 Å². The molecule has 7 aromatic rings. The molecule has 2 aliphatic rings. The Labute approximate surface area is 262 Å². The summed E-state index contributed by atoms with van der Waals surface area (Å²) in [5, 5.41) is 11.3. The third-order valence-corrected chi connectivity index (χ3v) is 9.23. The second kappa shape index (κ2) is 10.4. The van der Waals surface area contributed by atoms with Gasteiger partial charge in [0, 0.05) is 12.4 Å². The Morgan fingerprint density at radius 3 is 1.73 bits per heavy atom. The van der Waals surface area contributed by atoms with Gasteiger partial charge in [0.05, 0.1) is 5.70 Å². The third-order valence-electron chi connectivity index (χ3n) is 9.23. The summed E-state index contributed by atoms with van der Waals surface area (Å²) in [6.45, 7) is 0. The molecule has 0 radical (unpaired) electrons. The molecular weight excluding hydrogens is 544 g/mol. The molecule has 1 unspecified atom stereocenters. The first-order valence-electron chi connectivity index (χ1n) is 15.6. The number of benzene rings is 7. The maximum absolute atomic E-state index is 3.70. The molecule has 2 aliphatic heterocycles. The second-order valence-electron chi connectivity index (χ2n) is 11.8. The van der Waals surface area contributed by atoms with Crippen molar-refractivity contribution in [3.63, 3.8) is 0 Å². The summed E-state index contributed by atoms with van der Waals surface area (Å²) in [4.78, 5) is 2.26. The lowest BCUT2D eigenvalue weighted by Crippen LogP contribution is -2.32. The number of rotatable bonds is 4. The average molecular weight is 575 g/mol. The van der Waals surface area contributed by atoms with Crippen LogP contribution < -0.4 is 5.32 Å². The fraction of sp³-hybridized carbons (Fsp3) is 0.0233. The molecular formula is C43H30N2. The first-order valence-corrected chi connectivity index (χ1v) is 15.6. The summed E-state index contributed by atoms with van der Waals surface area (Å²) in [6.07, 6.45) is 9.01. The molecule has 9 rings (SSSR count). The summed E-state index contributed by atoms with van der Waals surface area (Å²) < 4.78 is 0. The fourth-order valence-corrected chi connectivity index (χ4v) is 7.11.